The summed E-state index contributed by atoms with van der Waals surface area (Å²) in [7, 11) is 1.86. The minimum absolute atomic E-state index is 0.0701. The van der Waals surface area contributed by atoms with Crippen LogP contribution in [0.3, 0.4) is 0 Å². The molecule has 0 radical (unpaired) electrons. The molecule has 1 N–H and O–H groups in total. The lowest BCUT2D eigenvalue weighted by atomic mass is 10.2. The van der Waals surface area contributed by atoms with Crippen molar-refractivity contribution in [3.05, 3.63) is 16.6 Å². The molecule has 3 rings (SSSR count). The molecule has 1 atom stereocenters. The number of ether oxygens (including phenoxy) is 1. The van der Waals surface area contributed by atoms with Gasteiger partial charge in [-0.05, 0) is 13.0 Å². The molecule has 118 valence electrons. The van der Waals surface area contributed by atoms with Gasteiger partial charge < -0.3 is 14.7 Å². The number of aryl methyl sites for hydroxylation is 2. The largest absolute Gasteiger partial charge is 0.481 e. The molecule has 1 aliphatic heterocycles. The van der Waals surface area contributed by atoms with Crippen LogP contribution < -0.4 is 0 Å². The fourth-order valence-corrected chi connectivity index (χ4v) is 3.78. The Morgan fingerprint density at radius 2 is 2.32 bits per heavy atom. The lowest BCUT2D eigenvalue weighted by molar-refractivity contribution is -0.141. The van der Waals surface area contributed by atoms with E-state index in [1.165, 1.54) is 11.3 Å². The highest BCUT2D eigenvalue weighted by Gasteiger charge is 2.28. The topological polar surface area (TPSA) is 84.7 Å². The third-order valence-electron chi connectivity index (χ3n) is 3.74. The molecule has 1 fully saturated rings. The van der Waals surface area contributed by atoms with Gasteiger partial charge in [0.2, 0.25) is 0 Å². The second-order valence-electron chi connectivity index (χ2n) is 5.38. The predicted molar refractivity (Wildman–Crippen MR) is 81.2 cm³/mol. The van der Waals surface area contributed by atoms with Crippen molar-refractivity contribution in [2.45, 2.75) is 19.4 Å². The molecule has 0 spiro atoms. The van der Waals surface area contributed by atoms with Crippen molar-refractivity contribution < 1.29 is 19.4 Å². The first-order valence-electron chi connectivity index (χ1n) is 7.01. The molecule has 7 nitrogen and oxygen atoms in total. The Labute approximate surface area is 131 Å². The van der Waals surface area contributed by atoms with E-state index in [4.69, 9.17) is 9.84 Å². The number of hydrogen-bond donors (Lipinski definition) is 1. The quantitative estimate of drug-likeness (QED) is 0.919. The van der Waals surface area contributed by atoms with Gasteiger partial charge in [-0.15, -0.1) is 11.3 Å². The monoisotopic (exact) mass is 323 g/mol. The van der Waals surface area contributed by atoms with Crippen molar-refractivity contribution in [3.63, 3.8) is 0 Å². The number of carbonyl (C=O) groups excluding carboxylic acids is 1. The Hall–Kier alpha value is -1.93. The first-order chi connectivity index (χ1) is 10.5. The van der Waals surface area contributed by atoms with Crippen LogP contribution in [0.2, 0.25) is 0 Å². The number of fused-ring (bicyclic) bond motifs is 1. The van der Waals surface area contributed by atoms with Gasteiger partial charge in [-0.2, -0.15) is 5.10 Å². The Kier molecular flexibility index (Phi) is 3.88. The first-order valence-corrected chi connectivity index (χ1v) is 7.83. The van der Waals surface area contributed by atoms with Crippen LogP contribution in [0.5, 0.6) is 0 Å². The SMILES string of the molecule is Cc1nn(C)c2sc(C(=O)N3CCOC(CC(=O)O)C3)cc12. The molecular formula is C14H17N3O4S. The molecule has 1 unspecified atom stereocenters. The molecule has 0 saturated carbocycles. The number of aliphatic carboxylic acids is 1. The predicted octanol–water partition coefficient (Wildman–Crippen LogP) is 1.26. The number of hydrogen-bond acceptors (Lipinski definition) is 5. The number of carboxylic acid groups (broad SMARTS) is 1. The zero-order chi connectivity index (χ0) is 15.9. The van der Waals surface area contributed by atoms with Crippen molar-refractivity contribution in [2.75, 3.05) is 19.7 Å². The summed E-state index contributed by atoms with van der Waals surface area (Å²) in [6.45, 7) is 3.09. The van der Waals surface area contributed by atoms with Crippen LogP contribution in [0.4, 0.5) is 0 Å². The molecule has 0 bridgehead atoms. The summed E-state index contributed by atoms with van der Waals surface area (Å²) in [6, 6.07) is 1.87. The van der Waals surface area contributed by atoms with Crippen LogP contribution in [0.15, 0.2) is 6.07 Å². The van der Waals surface area contributed by atoms with Gasteiger partial charge in [-0.25, -0.2) is 0 Å². The van der Waals surface area contributed by atoms with Gasteiger partial charge >= 0.3 is 5.97 Å². The summed E-state index contributed by atoms with van der Waals surface area (Å²) in [4.78, 5) is 26.7. The Morgan fingerprint density at radius 1 is 1.55 bits per heavy atom. The minimum Gasteiger partial charge on any atom is -0.481 e. The van der Waals surface area contributed by atoms with Crippen molar-refractivity contribution in [1.82, 2.24) is 14.7 Å². The zero-order valence-corrected chi connectivity index (χ0v) is 13.2. The van der Waals surface area contributed by atoms with E-state index in [0.29, 0.717) is 24.6 Å². The van der Waals surface area contributed by atoms with Gasteiger partial charge in [0.05, 0.1) is 29.7 Å². The Balaban J connectivity index is 1.79. The van der Waals surface area contributed by atoms with E-state index in [1.807, 2.05) is 20.0 Å². The number of rotatable bonds is 3. The van der Waals surface area contributed by atoms with E-state index >= 15 is 0 Å². The highest BCUT2D eigenvalue weighted by molar-refractivity contribution is 7.20. The van der Waals surface area contributed by atoms with Crippen LogP contribution in [-0.4, -0.2) is 57.5 Å². The van der Waals surface area contributed by atoms with E-state index in [0.717, 1.165) is 15.9 Å². The van der Waals surface area contributed by atoms with E-state index < -0.39 is 12.1 Å². The third kappa shape index (κ3) is 2.71. The Morgan fingerprint density at radius 3 is 3.00 bits per heavy atom. The molecule has 2 aromatic rings. The number of nitrogens with zero attached hydrogens (tertiary/aromatic N) is 3. The summed E-state index contributed by atoms with van der Waals surface area (Å²) in [6.07, 6.45) is -0.521. The van der Waals surface area contributed by atoms with Gasteiger partial charge in [0.15, 0.2) is 0 Å². The summed E-state index contributed by atoms with van der Waals surface area (Å²) >= 11 is 1.41. The van der Waals surface area contributed by atoms with E-state index in [9.17, 15) is 9.59 Å². The second-order valence-corrected chi connectivity index (χ2v) is 6.41. The fourth-order valence-electron chi connectivity index (χ4n) is 2.69. The normalized spacial score (nSPS) is 18.8. The summed E-state index contributed by atoms with van der Waals surface area (Å²) in [5.74, 6) is -0.984. The molecule has 22 heavy (non-hydrogen) atoms. The molecule has 8 heteroatoms. The second kappa shape index (κ2) is 5.69. The lowest BCUT2D eigenvalue weighted by Crippen LogP contribution is -2.46. The van der Waals surface area contributed by atoms with Crippen LogP contribution in [0.25, 0.3) is 10.2 Å². The minimum atomic E-state index is -0.914. The lowest BCUT2D eigenvalue weighted by Gasteiger charge is -2.32. The maximum Gasteiger partial charge on any atom is 0.306 e. The molecule has 1 aliphatic rings. The van der Waals surface area contributed by atoms with Crippen LogP contribution in [0.1, 0.15) is 21.8 Å². The van der Waals surface area contributed by atoms with Crippen LogP contribution >= 0.6 is 11.3 Å². The van der Waals surface area contributed by atoms with Gasteiger partial charge in [0, 0.05) is 25.5 Å². The maximum absolute atomic E-state index is 12.6. The van der Waals surface area contributed by atoms with E-state index in [-0.39, 0.29) is 12.3 Å². The summed E-state index contributed by atoms with van der Waals surface area (Å²) in [5.41, 5.74) is 0.901. The average molecular weight is 323 g/mol. The molecular weight excluding hydrogens is 306 g/mol. The van der Waals surface area contributed by atoms with Crippen LogP contribution in [-0.2, 0) is 16.6 Å². The fraction of sp³-hybridized carbons (Fsp3) is 0.500. The van der Waals surface area contributed by atoms with Crippen molar-refractivity contribution in [3.8, 4) is 0 Å². The van der Waals surface area contributed by atoms with E-state index in [2.05, 4.69) is 5.10 Å². The van der Waals surface area contributed by atoms with E-state index in [1.54, 1.807) is 9.58 Å². The molecule has 3 heterocycles. The number of carbonyl (C=O) groups is 2. The van der Waals surface area contributed by atoms with Crippen LogP contribution in [0, 0.1) is 6.92 Å². The van der Waals surface area contributed by atoms with Crippen molar-refractivity contribution >= 4 is 33.4 Å². The zero-order valence-electron chi connectivity index (χ0n) is 12.4. The molecule has 1 saturated heterocycles. The molecule has 0 aromatic carbocycles. The number of carboxylic acids is 1. The number of aromatic nitrogens is 2. The maximum atomic E-state index is 12.6. The smallest absolute Gasteiger partial charge is 0.306 e. The van der Waals surface area contributed by atoms with Gasteiger partial charge in [0.25, 0.3) is 5.91 Å². The number of morpholine rings is 1. The molecule has 1 amide bonds. The molecule has 2 aromatic heterocycles. The van der Waals surface area contributed by atoms with Gasteiger partial charge in [0.1, 0.15) is 4.83 Å². The summed E-state index contributed by atoms with van der Waals surface area (Å²) in [5, 5.41) is 14.2. The highest BCUT2D eigenvalue weighted by atomic mass is 32.1. The Bertz CT molecular complexity index is 701. The third-order valence-corrected chi connectivity index (χ3v) is 4.93. The number of amides is 1. The van der Waals surface area contributed by atoms with Gasteiger partial charge in [-0.1, -0.05) is 0 Å². The van der Waals surface area contributed by atoms with Crippen molar-refractivity contribution in [2.24, 2.45) is 7.05 Å². The molecule has 0 aliphatic carbocycles. The van der Waals surface area contributed by atoms with Crippen molar-refractivity contribution in [1.29, 1.82) is 0 Å². The first kappa shape index (κ1) is 15.0. The standard InChI is InChI=1S/C14H17N3O4S/c1-8-10-6-11(22-14(10)16(2)15-8)13(20)17-3-4-21-9(7-17)5-12(18)19/h6,9H,3-5,7H2,1-2H3,(H,18,19). The van der Waals surface area contributed by atoms with Gasteiger partial charge in [-0.3, -0.25) is 14.3 Å². The number of thiophene rings is 1. The highest BCUT2D eigenvalue weighted by Crippen LogP contribution is 2.29. The average Bonchev–Trinajstić information content (AvgIpc) is 3.00. The summed E-state index contributed by atoms with van der Waals surface area (Å²) < 4.78 is 7.18.